The van der Waals surface area contributed by atoms with E-state index in [0.717, 1.165) is 25.7 Å². The number of ether oxygens (including phenoxy) is 1. The average Bonchev–Trinajstić information content (AvgIpc) is 3.09. The molecule has 1 heterocycles. The monoisotopic (exact) mass is 359 g/mol. The van der Waals surface area contributed by atoms with E-state index < -0.39 is 11.4 Å². The number of aliphatic carboxylic acids is 1. The fourth-order valence-corrected chi connectivity index (χ4v) is 4.52. The number of carbonyl (C=O) groups excluding carboxylic acids is 1. The first-order chi connectivity index (χ1) is 12.5. The van der Waals surface area contributed by atoms with Crippen molar-refractivity contribution in [2.45, 2.75) is 44.4 Å². The number of carboxylic acid groups (broad SMARTS) is 1. The van der Waals surface area contributed by atoms with Gasteiger partial charge in [-0.15, -0.1) is 0 Å². The number of carboxylic acids is 1. The molecule has 1 atom stereocenters. The van der Waals surface area contributed by atoms with Gasteiger partial charge in [0.1, 0.15) is 5.41 Å². The molecular weight excluding hydrogens is 330 g/mol. The zero-order chi connectivity index (χ0) is 18.6. The zero-order valence-electron chi connectivity index (χ0n) is 15.5. The molecule has 1 N–H and O–H groups in total. The largest absolute Gasteiger partial charge is 0.481 e. The standard InChI is InChI=1S/C21H29NO4/c1-26-15-21(20(24)25)11-12-22(14-21)19(23)13-16-7-9-18(10-8-16)17-5-3-2-4-6-17/h2-6,16,18H,7-15H2,1H3,(H,24,25)/t16?,18?,21-/m0/s1. The van der Waals surface area contributed by atoms with E-state index in [1.54, 1.807) is 4.90 Å². The molecule has 0 bridgehead atoms. The topological polar surface area (TPSA) is 66.8 Å². The number of hydrogen-bond acceptors (Lipinski definition) is 3. The lowest BCUT2D eigenvalue weighted by Gasteiger charge is -2.30. The molecule has 1 amide bonds. The van der Waals surface area contributed by atoms with Crippen molar-refractivity contribution in [3.63, 3.8) is 0 Å². The second-order valence-corrected chi connectivity index (χ2v) is 7.92. The summed E-state index contributed by atoms with van der Waals surface area (Å²) in [6, 6.07) is 10.6. The highest BCUT2D eigenvalue weighted by Crippen LogP contribution is 2.38. The SMILES string of the molecule is COC[C@]1(C(=O)O)CCN(C(=O)CC2CCC(c3ccccc3)CC2)C1. The van der Waals surface area contributed by atoms with E-state index in [-0.39, 0.29) is 19.1 Å². The molecule has 0 radical (unpaired) electrons. The van der Waals surface area contributed by atoms with Crippen LogP contribution in [0.5, 0.6) is 0 Å². The molecule has 1 aromatic carbocycles. The fourth-order valence-electron chi connectivity index (χ4n) is 4.52. The number of hydrogen-bond donors (Lipinski definition) is 1. The van der Waals surface area contributed by atoms with Gasteiger partial charge in [0.2, 0.25) is 5.91 Å². The Kier molecular flexibility index (Phi) is 5.97. The van der Waals surface area contributed by atoms with Gasteiger partial charge in [0, 0.05) is 26.6 Å². The fraction of sp³-hybridized carbons (Fsp3) is 0.619. The first-order valence-electron chi connectivity index (χ1n) is 9.59. The van der Waals surface area contributed by atoms with E-state index in [2.05, 4.69) is 24.3 Å². The average molecular weight is 359 g/mol. The van der Waals surface area contributed by atoms with Crippen LogP contribution in [-0.2, 0) is 14.3 Å². The van der Waals surface area contributed by atoms with Crippen molar-refractivity contribution < 1.29 is 19.4 Å². The lowest BCUT2D eigenvalue weighted by Crippen LogP contribution is -2.40. The van der Waals surface area contributed by atoms with Crippen LogP contribution in [0.1, 0.15) is 50.0 Å². The predicted molar refractivity (Wildman–Crippen MR) is 98.9 cm³/mol. The van der Waals surface area contributed by atoms with Gasteiger partial charge in [-0.05, 0) is 49.5 Å². The second kappa shape index (κ2) is 8.21. The summed E-state index contributed by atoms with van der Waals surface area (Å²) in [6.07, 6.45) is 5.42. The molecule has 0 unspecified atom stereocenters. The molecule has 0 spiro atoms. The maximum Gasteiger partial charge on any atom is 0.313 e. The highest BCUT2D eigenvalue weighted by molar-refractivity contribution is 5.81. The van der Waals surface area contributed by atoms with Crippen molar-refractivity contribution >= 4 is 11.9 Å². The first-order valence-corrected chi connectivity index (χ1v) is 9.59. The molecule has 5 nitrogen and oxygen atoms in total. The van der Waals surface area contributed by atoms with E-state index in [4.69, 9.17) is 4.74 Å². The van der Waals surface area contributed by atoms with Crippen LogP contribution >= 0.6 is 0 Å². The lowest BCUT2D eigenvalue weighted by molar-refractivity contribution is -0.151. The van der Waals surface area contributed by atoms with E-state index in [0.29, 0.717) is 31.2 Å². The Balaban J connectivity index is 1.50. The van der Waals surface area contributed by atoms with Gasteiger partial charge in [-0.3, -0.25) is 9.59 Å². The van der Waals surface area contributed by atoms with Crippen molar-refractivity contribution in [2.24, 2.45) is 11.3 Å². The maximum absolute atomic E-state index is 12.7. The first kappa shape index (κ1) is 18.9. The smallest absolute Gasteiger partial charge is 0.313 e. The van der Waals surface area contributed by atoms with Crippen LogP contribution in [0.25, 0.3) is 0 Å². The van der Waals surface area contributed by atoms with Crippen LogP contribution in [0.15, 0.2) is 30.3 Å². The summed E-state index contributed by atoms with van der Waals surface area (Å²) >= 11 is 0. The number of likely N-dealkylation sites (tertiary alicyclic amines) is 1. The van der Waals surface area contributed by atoms with Gasteiger partial charge in [-0.25, -0.2) is 0 Å². The predicted octanol–water partition coefficient (Wildman–Crippen LogP) is 3.30. The molecule has 26 heavy (non-hydrogen) atoms. The third-order valence-electron chi connectivity index (χ3n) is 6.16. The molecule has 3 rings (SSSR count). The molecule has 1 saturated heterocycles. The van der Waals surface area contributed by atoms with E-state index >= 15 is 0 Å². The molecule has 1 aliphatic heterocycles. The van der Waals surface area contributed by atoms with Gasteiger partial charge < -0.3 is 14.7 Å². The van der Waals surface area contributed by atoms with Crippen molar-refractivity contribution in [3.05, 3.63) is 35.9 Å². The Labute approximate surface area is 155 Å². The van der Waals surface area contributed by atoms with E-state index in [1.807, 2.05) is 6.07 Å². The van der Waals surface area contributed by atoms with Crippen LogP contribution in [0.3, 0.4) is 0 Å². The van der Waals surface area contributed by atoms with Gasteiger partial charge in [-0.2, -0.15) is 0 Å². The lowest BCUT2D eigenvalue weighted by atomic mass is 9.77. The van der Waals surface area contributed by atoms with Gasteiger partial charge >= 0.3 is 5.97 Å². The second-order valence-electron chi connectivity index (χ2n) is 7.92. The number of nitrogens with zero attached hydrogens (tertiary/aromatic N) is 1. The quantitative estimate of drug-likeness (QED) is 0.846. The highest BCUT2D eigenvalue weighted by Gasteiger charge is 2.46. The number of benzene rings is 1. The Bertz CT molecular complexity index is 624. The number of rotatable bonds is 6. The van der Waals surface area contributed by atoms with Gasteiger partial charge in [0.05, 0.1) is 6.61 Å². The molecule has 2 fully saturated rings. The van der Waals surface area contributed by atoms with Crippen molar-refractivity contribution in [1.82, 2.24) is 4.90 Å². The van der Waals surface area contributed by atoms with Crippen molar-refractivity contribution in [2.75, 3.05) is 26.8 Å². The molecule has 1 aliphatic carbocycles. The minimum absolute atomic E-state index is 0.104. The van der Waals surface area contributed by atoms with Crippen molar-refractivity contribution in [3.8, 4) is 0 Å². The van der Waals surface area contributed by atoms with Crippen LogP contribution in [0.4, 0.5) is 0 Å². The minimum Gasteiger partial charge on any atom is -0.481 e. The third kappa shape index (κ3) is 4.09. The number of carbonyl (C=O) groups is 2. The molecule has 1 saturated carbocycles. The summed E-state index contributed by atoms with van der Waals surface area (Å²) < 4.78 is 5.10. The zero-order valence-corrected chi connectivity index (χ0v) is 15.5. The summed E-state index contributed by atoms with van der Waals surface area (Å²) in [6.45, 7) is 0.955. The van der Waals surface area contributed by atoms with Gasteiger partial charge in [0.15, 0.2) is 0 Å². The summed E-state index contributed by atoms with van der Waals surface area (Å²) in [4.78, 5) is 26.0. The Hall–Kier alpha value is -1.88. The molecular formula is C21H29NO4. The van der Waals surface area contributed by atoms with Crippen LogP contribution < -0.4 is 0 Å². The Morgan fingerprint density at radius 3 is 2.50 bits per heavy atom. The Morgan fingerprint density at radius 1 is 1.19 bits per heavy atom. The molecule has 5 heteroatoms. The van der Waals surface area contributed by atoms with Crippen LogP contribution in [0, 0.1) is 11.3 Å². The molecule has 142 valence electrons. The summed E-state index contributed by atoms with van der Waals surface area (Å²) in [7, 11) is 1.51. The molecule has 2 aliphatic rings. The van der Waals surface area contributed by atoms with Crippen LogP contribution in [0.2, 0.25) is 0 Å². The number of amides is 1. The van der Waals surface area contributed by atoms with E-state index in [1.165, 1.54) is 12.7 Å². The van der Waals surface area contributed by atoms with E-state index in [9.17, 15) is 14.7 Å². The summed E-state index contributed by atoms with van der Waals surface area (Å²) in [5.41, 5.74) is 0.470. The van der Waals surface area contributed by atoms with Gasteiger partial charge in [0.25, 0.3) is 0 Å². The highest BCUT2D eigenvalue weighted by atomic mass is 16.5. The number of methoxy groups -OCH3 is 1. The summed E-state index contributed by atoms with van der Waals surface area (Å²) in [5.74, 6) is 0.269. The van der Waals surface area contributed by atoms with Gasteiger partial charge in [-0.1, -0.05) is 30.3 Å². The molecule has 1 aromatic rings. The summed E-state index contributed by atoms with van der Waals surface area (Å²) in [5, 5.41) is 9.54. The Morgan fingerprint density at radius 2 is 1.88 bits per heavy atom. The third-order valence-corrected chi connectivity index (χ3v) is 6.16. The van der Waals surface area contributed by atoms with Crippen molar-refractivity contribution in [1.29, 1.82) is 0 Å². The van der Waals surface area contributed by atoms with Crippen LogP contribution in [-0.4, -0.2) is 48.7 Å². The minimum atomic E-state index is -0.935. The normalized spacial score (nSPS) is 28.9. The maximum atomic E-state index is 12.7. The molecule has 0 aromatic heterocycles.